The van der Waals surface area contributed by atoms with E-state index < -0.39 is 6.04 Å². The lowest BCUT2D eigenvalue weighted by Gasteiger charge is -2.19. The summed E-state index contributed by atoms with van der Waals surface area (Å²) in [5, 5.41) is 8.47. The summed E-state index contributed by atoms with van der Waals surface area (Å²) in [5.41, 5.74) is 5.16. The molecule has 0 unspecified atom stereocenters. The molecule has 0 aliphatic heterocycles. The Morgan fingerprint density at radius 2 is 1.36 bits per heavy atom. The molecule has 1 atom stereocenters. The average molecular weight is 444 g/mol. The van der Waals surface area contributed by atoms with Gasteiger partial charge in [0.1, 0.15) is 0 Å². The second kappa shape index (κ2) is 11.1. The van der Waals surface area contributed by atoms with E-state index in [9.17, 15) is 14.4 Å². The highest BCUT2D eigenvalue weighted by molar-refractivity contribution is 5.96. The van der Waals surface area contributed by atoms with Crippen LogP contribution in [0.4, 0.5) is 5.69 Å². The van der Waals surface area contributed by atoms with Crippen LogP contribution in [0.2, 0.25) is 0 Å². The Labute approximate surface area is 194 Å². The van der Waals surface area contributed by atoms with Crippen molar-refractivity contribution in [1.29, 1.82) is 0 Å². The molecule has 33 heavy (non-hydrogen) atoms. The Hall–Kier alpha value is -3.93. The molecule has 0 aromatic heterocycles. The lowest BCUT2D eigenvalue weighted by molar-refractivity contribution is -0.124. The van der Waals surface area contributed by atoms with Gasteiger partial charge >= 0.3 is 0 Å². The maximum absolute atomic E-state index is 12.7. The maximum atomic E-state index is 12.7. The van der Waals surface area contributed by atoms with Gasteiger partial charge in [0.2, 0.25) is 11.8 Å². The molecule has 3 aromatic carbocycles. The van der Waals surface area contributed by atoms with Crippen molar-refractivity contribution in [2.45, 2.75) is 33.2 Å². The van der Waals surface area contributed by atoms with Gasteiger partial charge in [0.15, 0.2) is 0 Å². The zero-order chi connectivity index (χ0) is 23.8. The van der Waals surface area contributed by atoms with E-state index in [4.69, 9.17) is 0 Å². The average Bonchev–Trinajstić information content (AvgIpc) is 2.80. The van der Waals surface area contributed by atoms with E-state index in [0.717, 1.165) is 27.9 Å². The molecule has 3 amide bonds. The van der Waals surface area contributed by atoms with Gasteiger partial charge in [0, 0.05) is 11.3 Å². The van der Waals surface area contributed by atoms with Crippen LogP contribution in [0.1, 0.15) is 45.1 Å². The third kappa shape index (κ3) is 6.77. The number of carbonyl (C=O) groups excluding carboxylic acids is 3. The topological polar surface area (TPSA) is 87.3 Å². The fourth-order valence-corrected chi connectivity index (χ4v) is 3.77. The first kappa shape index (κ1) is 23.7. The molecule has 6 heteroatoms. The van der Waals surface area contributed by atoms with E-state index in [1.54, 1.807) is 24.3 Å². The summed E-state index contributed by atoms with van der Waals surface area (Å²) in [6, 6.07) is 21.6. The molecule has 3 N–H and O–H groups in total. The lowest BCUT2D eigenvalue weighted by atomic mass is 10.0. The van der Waals surface area contributed by atoms with Gasteiger partial charge < -0.3 is 16.0 Å². The van der Waals surface area contributed by atoms with Gasteiger partial charge in [-0.1, -0.05) is 66.2 Å². The molecule has 0 bridgehead atoms. The third-order valence-corrected chi connectivity index (χ3v) is 5.32. The van der Waals surface area contributed by atoms with Crippen molar-refractivity contribution in [1.82, 2.24) is 10.6 Å². The number of hydrogen-bond donors (Lipinski definition) is 3. The smallest absolute Gasteiger partial charge is 0.251 e. The molecule has 3 aromatic rings. The Morgan fingerprint density at radius 1 is 0.788 bits per heavy atom. The highest BCUT2D eigenvalue weighted by Crippen LogP contribution is 2.22. The van der Waals surface area contributed by atoms with Crippen molar-refractivity contribution in [3.63, 3.8) is 0 Å². The van der Waals surface area contributed by atoms with Crippen molar-refractivity contribution < 1.29 is 14.4 Å². The summed E-state index contributed by atoms with van der Waals surface area (Å²) in [4.78, 5) is 37.7. The standard InChI is InChI=1S/C27H29N3O3/c1-18-14-19(2)26(20(3)15-18)30-25(32)17-28-24(31)16-23(21-10-6-4-7-11-21)29-27(33)22-12-8-5-9-13-22/h4-15,23H,16-17H2,1-3H3,(H,28,31)(H,29,33)(H,30,32)/t23-/m1/s1. The molecule has 0 aliphatic rings. The Morgan fingerprint density at radius 3 is 1.97 bits per heavy atom. The number of rotatable bonds is 8. The first-order valence-electron chi connectivity index (χ1n) is 10.9. The van der Waals surface area contributed by atoms with E-state index in [1.165, 1.54) is 0 Å². The van der Waals surface area contributed by atoms with E-state index in [2.05, 4.69) is 16.0 Å². The van der Waals surface area contributed by atoms with Gasteiger partial charge in [-0.3, -0.25) is 14.4 Å². The second-order valence-corrected chi connectivity index (χ2v) is 8.11. The quantitative estimate of drug-likeness (QED) is 0.487. The Bertz CT molecular complexity index is 1100. The van der Waals surface area contributed by atoms with Crippen LogP contribution in [0.3, 0.4) is 0 Å². The van der Waals surface area contributed by atoms with Crippen LogP contribution in [-0.2, 0) is 9.59 Å². The van der Waals surface area contributed by atoms with E-state index in [-0.39, 0.29) is 30.7 Å². The maximum Gasteiger partial charge on any atom is 0.251 e. The van der Waals surface area contributed by atoms with E-state index in [1.807, 2.05) is 69.3 Å². The predicted molar refractivity (Wildman–Crippen MR) is 130 cm³/mol. The van der Waals surface area contributed by atoms with Crippen LogP contribution in [-0.4, -0.2) is 24.3 Å². The summed E-state index contributed by atoms with van der Waals surface area (Å²) in [7, 11) is 0. The normalized spacial score (nSPS) is 11.4. The first-order chi connectivity index (χ1) is 15.8. The number of hydrogen-bond acceptors (Lipinski definition) is 3. The largest absolute Gasteiger partial charge is 0.347 e. The van der Waals surface area contributed by atoms with Crippen LogP contribution in [0.5, 0.6) is 0 Å². The molecule has 0 saturated heterocycles. The molecule has 0 radical (unpaired) electrons. The fourth-order valence-electron chi connectivity index (χ4n) is 3.77. The molecule has 0 aliphatic carbocycles. The summed E-state index contributed by atoms with van der Waals surface area (Å²) in [6.45, 7) is 5.73. The van der Waals surface area contributed by atoms with E-state index >= 15 is 0 Å². The first-order valence-corrected chi connectivity index (χ1v) is 10.9. The number of nitrogens with one attached hydrogen (secondary N) is 3. The summed E-state index contributed by atoms with van der Waals surface area (Å²) in [6.07, 6.45) is 0.0124. The lowest BCUT2D eigenvalue weighted by Crippen LogP contribution is -2.37. The SMILES string of the molecule is Cc1cc(C)c(NC(=O)CNC(=O)C[C@@H](NC(=O)c2ccccc2)c2ccccc2)c(C)c1. The van der Waals surface area contributed by atoms with Crippen molar-refractivity contribution in [3.05, 3.63) is 101 Å². The number of anilines is 1. The zero-order valence-electron chi connectivity index (χ0n) is 19.1. The molecule has 0 fully saturated rings. The van der Waals surface area contributed by atoms with Crippen LogP contribution in [0.25, 0.3) is 0 Å². The monoisotopic (exact) mass is 443 g/mol. The number of amides is 3. The zero-order valence-corrected chi connectivity index (χ0v) is 19.1. The third-order valence-electron chi connectivity index (χ3n) is 5.32. The van der Waals surface area contributed by atoms with Gasteiger partial charge in [-0.05, 0) is 49.6 Å². The van der Waals surface area contributed by atoms with Gasteiger partial charge in [-0.15, -0.1) is 0 Å². The van der Waals surface area contributed by atoms with E-state index in [0.29, 0.717) is 5.56 Å². The number of carbonyl (C=O) groups is 3. The molecular formula is C27H29N3O3. The van der Waals surface area contributed by atoms with Crippen LogP contribution < -0.4 is 16.0 Å². The predicted octanol–water partition coefficient (Wildman–Crippen LogP) is 4.23. The molecule has 0 saturated carbocycles. The second-order valence-electron chi connectivity index (χ2n) is 8.11. The Balaban J connectivity index is 1.61. The summed E-state index contributed by atoms with van der Waals surface area (Å²) in [5.74, 6) is -0.895. The highest BCUT2D eigenvalue weighted by Gasteiger charge is 2.20. The van der Waals surface area contributed by atoms with Crippen molar-refractivity contribution in [2.75, 3.05) is 11.9 Å². The molecular weight excluding hydrogens is 414 g/mol. The van der Waals surface area contributed by atoms with Crippen LogP contribution in [0.15, 0.2) is 72.8 Å². The summed E-state index contributed by atoms with van der Waals surface area (Å²) >= 11 is 0. The minimum Gasteiger partial charge on any atom is -0.347 e. The minimum atomic E-state index is -0.524. The molecule has 0 heterocycles. The van der Waals surface area contributed by atoms with Crippen molar-refractivity contribution in [2.24, 2.45) is 0 Å². The number of aryl methyl sites for hydroxylation is 3. The molecule has 170 valence electrons. The van der Waals surface area contributed by atoms with Crippen molar-refractivity contribution >= 4 is 23.4 Å². The molecule has 3 rings (SSSR count). The van der Waals surface area contributed by atoms with Gasteiger partial charge in [0.25, 0.3) is 5.91 Å². The molecule has 0 spiro atoms. The highest BCUT2D eigenvalue weighted by atomic mass is 16.2. The molecule has 6 nitrogen and oxygen atoms in total. The van der Waals surface area contributed by atoms with Gasteiger partial charge in [-0.25, -0.2) is 0 Å². The number of benzene rings is 3. The van der Waals surface area contributed by atoms with Gasteiger partial charge in [0.05, 0.1) is 19.0 Å². The van der Waals surface area contributed by atoms with Crippen LogP contribution >= 0.6 is 0 Å². The van der Waals surface area contributed by atoms with Gasteiger partial charge in [-0.2, -0.15) is 0 Å². The summed E-state index contributed by atoms with van der Waals surface area (Å²) < 4.78 is 0. The fraction of sp³-hybridized carbons (Fsp3) is 0.222. The minimum absolute atomic E-state index is 0.0124. The van der Waals surface area contributed by atoms with Crippen LogP contribution in [0, 0.1) is 20.8 Å². The Kier molecular flexibility index (Phi) is 7.97. The van der Waals surface area contributed by atoms with Crippen molar-refractivity contribution in [3.8, 4) is 0 Å².